The van der Waals surface area contributed by atoms with Crippen molar-refractivity contribution in [2.75, 3.05) is 5.75 Å². The molecule has 44 heavy (non-hydrogen) atoms. The molecular formula is C35H25F7OS. The van der Waals surface area contributed by atoms with Crippen LogP contribution in [0, 0.1) is 29.1 Å². The van der Waals surface area contributed by atoms with Crippen LogP contribution in [0.15, 0.2) is 102 Å². The Kier molecular flexibility index (Phi) is 9.34. The third kappa shape index (κ3) is 6.94. The summed E-state index contributed by atoms with van der Waals surface area (Å²) in [4.78, 5) is 0.904. The fraction of sp³-hybridized carbons (Fsp3) is 0.143. The third-order valence-corrected chi connectivity index (χ3v) is 8.03. The molecule has 0 bridgehead atoms. The average molecular weight is 627 g/mol. The average Bonchev–Trinajstić information content (AvgIpc) is 3.00. The molecule has 5 aromatic carbocycles. The molecule has 1 nitrogen and oxygen atoms in total. The quantitative estimate of drug-likeness (QED) is 0.0660. The lowest BCUT2D eigenvalue weighted by molar-refractivity contribution is -0.185. The molecule has 0 aliphatic carbocycles. The number of thioether (sulfide) groups is 1. The summed E-state index contributed by atoms with van der Waals surface area (Å²) in [5.74, 6) is -5.30. The van der Waals surface area contributed by atoms with Crippen molar-refractivity contribution in [3.05, 3.63) is 132 Å². The Morgan fingerprint density at radius 3 is 1.70 bits per heavy atom. The second kappa shape index (κ2) is 13.2. The van der Waals surface area contributed by atoms with Gasteiger partial charge in [-0.2, -0.15) is 8.78 Å². The molecule has 0 unspecified atom stereocenters. The van der Waals surface area contributed by atoms with Crippen LogP contribution in [0.5, 0.6) is 5.75 Å². The van der Waals surface area contributed by atoms with E-state index in [1.165, 1.54) is 60.7 Å². The fourth-order valence-corrected chi connectivity index (χ4v) is 5.56. The molecule has 0 amide bonds. The number of unbranched alkanes of at least 4 members (excludes halogenated alkanes) is 1. The Morgan fingerprint density at radius 2 is 1.11 bits per heavy atom. The van der Waals surface area contributed by atoms with Crippen molar-refractivity contribution in [2.24, 2.45) is 0 Å². The van der Waals surface area contributed by atoms with Crippen LogP contribution in [0.25, 0.3) is 33.4 Å². The molecule has 5 rings (SSSR count). The van der Waals surface area contributed by atoms with Gasteiger partial charge in [0.2, 0.25) is 0 Å². The summed E-state index contributed by atoms with van der Waals surface area (Å²) in [6.07, 6.45) is -1.46. The predicted molar refractivity (Wildman–Crippen MR) is 159 cm³/mol. The highest BCUT2D eigenvalue weighted by molar-refractivity contribution is 7.99. The number of ether oxygens (including phenoxy) is 1. The molecule has 0 N–H and O–H groups in total. The van der Waals surface area contributed by atoms with E-state index in [9.17, 15) is 26.3 Å². The Hall–Kier alpha value is -4.24. The van der Waals surface area contributed by atoms with Gasteiger partial charge in [-0.3, -0.25) is 0 Å². The molecule has 0 fully saturated rings. The van der Waals surface area contributed by atoms with E-state index in [1.807, 2.05) is 0 Å². The third-order valence-electron chi connectivity index (χ3n) is 6.93. The van der Waals surface area contributed by atoms with E-state index < -0.39 is 35.2 Å². The standard InChI is InChI=1S/C35H25F7OS/c1-2-3-16-44-27-12-8-25(9-13-27)35(41,42)43-26-10-4-21(5-11-26)22-6-14-28(30(36)17-22)23-7-15-29(31(37)18-23)24-19-32(38)34(40)33(39)20-24/h4-15,17-20H,2-3,16H2,1H3. The van der Waals surface area contributed by atoms with Gasteiger partial charge >= 0.3 is 6.11 Å². The van der Waals surface area contributed by atoms with Crippen LogP contribution in [-0.2, 0) is 6.11 Å². The summed E-state index contributed by atoms with van der Waals surface area (Å²) in [5, 5.41) is 0. The van der Waals surface area contributed by atoms with E-state index >= 15 is 4.39 Å². The summed E-state index contributed by atoms with van der Waals surface area (Å²) >= 11 is 1.61. The van der Waals surface area contributed by atoms with Gasteiger partial charge in [0.15, 0.2) is 17.5 Å². The molecule has 5 aromatic rings. The van der Waals surface area contributed by atoms with Crippen molar-refractivity contribution in [2.45, 2.75) is 30.8 Å². The molecule has 0 atom stereocenters. The predicted octanol–water partition coefficient (Wildman–Crippen LogP) is 11.4. The highest BCUT2D eigenvalue weighted by Gasteiger charge is 2.34. The molecule has 0 aromatic heterocycles. The lowest BCUT2D eigenvalue weighted by atomic mass is 9.97. The lowest BCUT2D eigenvalue weighted by Crippen LogP contribution is -2.21. The Bertz CT molecular complexity index is 1750. The van der Waals surface area contributed by atoms with Gasteiger partial charge in [-0.05, 0) is 95.1 Å². The van der Waals surface area contributed by atoms with Gasteiger partial charge in [-0.1, -0.05) is 49.7 Å². The molecule has 0 saturated carbocycles. The summed E-state index contributed by atoms with van der Waals surface area (Å²) in [6, 6.07) is 20.9. The topological polar surface area (TPSA) is 9.23 Å². The minimum atomic E-state index is -3.56. The smallest absolute Gasteiger partial charge is 0.426 e. The molecule has 0 spiro atoms. The summed E-state index contributed by atoms with van der Waals surface area (Å²) in [5.41, 5.74) is 0.523. The zero-order chi connectivity index (χ0) is 31.4. The number of hydrogen-bond acceptors (Lipinski definition) is 2. The van der Waals surface area contributed by atoms with Crippen LogP contribution < -0.4 is 4.74 Å². The number of benzene rings is 5. The maximum absolute atomic E-state index is 15.1. The first kappa shape index (κ1) is 31.2. The Morgan fingerprint density at radius 1 is 0.591 bits per heavy atom. The second-order valence-electron chi connectivity index (χ2n) is 10.0. The molecule has 0 aliphatic rings. The molecule has 226 valence electrons. The monoisotopic (exact) mass is 626 g/mol. The molecule has 9 heteroatoms. The van der Waals surface area contributed by atoms with Gasteiger partial charge in [0.25, 0.3) is 0 Å². The zero-order valence-electron chi connectivity index (χ0n) is 23.3. The van der Waals surface area contributed by atoms with Crippen LogP contribution in [0.4, 0.5) is 30.7 Å². The van der Waals surface area contributed by atoms with E-state index in [2.05, 4.69) is 6.92 Å². The van der Waals surface area contributed by atoms with Crippen LogP contribution in [0.2, 0.25) is 0 Å². The molecular weight excluding hydrogens is 601 g/mol. The summed E-state index contributed by atoms with van der Waals surface area (Å²) in [6.45, 7) is 2.09. The molecule has 0 heterocycles. The van der Waals surface area contributed by atoms with Crippen molar-refractivity contribution < 1.29 is 35.5 Å². The first-order valence-electron chi connectivity index (χ1n) is 13.7. The minimum absolute atomic E-state index is 0.0602. The number of hydrogen-bond donors (Lipinski definition) is 0. The van der Waals surface area contributed by atoms with Gasteiger partial charge in [-0.25, -0.2) is 22.0 Å². The number of halogens is 7. The van der Waals surface area contributed by atoms with Crippen LogP contribution >= 0.6 is 11.8 Å². The summed E-state index contributed by atoms with van der Waals surface area (Å²) < 4.78 is 105. The van der Waals surface area contributed by atoms with E-state index in [0.717, 1.165) is 29.6 Å². The first-order valence-corrected chi connectivity index (χ1v) is 14.7. The van der Waals surface area contributed by atoms with Gasteiger partial charge in [0, 0.05) is 16.0 Å². The van der Waals surface area contributed by atoms with Gasteiger partial charge in [-0.15, -0.1) is 11.8 Å². The Balaban J connectivity index is 1.29. The number of alkyl halides is 2. The van der Waals surface area contributed by atoms with E-state index in [-0.39, 0.29) is 33.6 Å². The van der Waals surface area contributed by atoms with Crippen molar-refractivity contribution in [3.8, 4) is 39.1 Å². The summed E-state index contributed by atoms with van der Waals surface area (Å²) in [7, 11) is 0. The van der Waals surface area contributed by atoms with Crippen LogP contribution in [-0.4, -0.2) is 5.75 Å². The van der Waals surface area contributed by atoms with Crippen LogP contribution in [0.3, 0.4) is 0 Å². The van der Waals surface area contributed by atoms with Crippen molar-refractivity contribution in [3.63, 3.8) is 0 Å². The molecule has 0 radical (unpaired) electrons. The van der Waals surface area contributed by atoms with E-state index in [1.54, 1.807) is 30.0 Å². The SMILES string of the molecule is CCCCSc1ccc(C(F)(F)Oc2ccc(-c3ccc(-c4ccc(-c5cc(F)c(F)c(F)c5)c(F)c4)c(F)c3)cc2)cc1. The first-order chi connectivity index (χ1) is 21.1. The molecule has 0 saturated heterocycles. The number of rotatable bonds is 10. The van der Waals surface area contributed by atoms with E-state index in [4.69, 9.17) is 4.74 Å². The fourth-order valence-electron chi connectivity index (χ4n) is 4.56. The minimum Gasteiger partial charge on any atom is -0.429 e. The van der Waals surface area contributed by atoms with Crippen molar-refractivity contribution in [1.29, 1.82) is 0 Å². The lowest BCUT2D eigenvalue weighted by Gasteiger charge is -2.19. The maximum Gasteiger partial charge on any atom is 0.426 e. The van der Waals surface area contributed by atoms with Crippen LogP contribution in [0.1, 0.15) is 25.3 Å². The normalized spacial score (nSPS) is 11.5. The zero-order valence-corrected chi connectivity index (χ0v) is 24.1. The van der Waals surface area contributed by atoms with Crippen molar-refractivity contribution in [1.82, 2.24) is 0 Å². The second-order valence-corrected chi connectivity index (χ2v) is 11.2. The molecule has 0 aliphatic heterocycles. The highest BCUT2D eigenvalue weighted by Crippen LogP contribution is 2.36. The van der Waals surface area contributed by atoms with E-state index in [0.29, 0.717) is 23.3 Å². The Labute approximate surface area is 254 Å². The van der Waals surface area contributed by atoms with Crippen molar-refractivity contribution >= 4 is 11.8 Å². The van der Waals surface area contributed by atoms with Gasteiger partial charge in [0.05, 0.1) is 5.56 Å². The maximum atomic E-state index is 15.1. The van der Waals surface area contributed by atoms with Gasteiger partial charge in [0.1, 0.15) is 17.4 Å². The van der Waals surface area contributed by atoms with Gasteiger partial charge < -0.3 is 4.74 Å². The largest absolute Gasteiger partial charge is 0.429 e. The highest BCUT2D eigenvalue weighted by atomic mass is 32.2.